The number of benzene rings is 2. The third-order valence-corrected chi connectivity index (χ3v) is 3.07. The average molecular weight is 238 g/mol. The largest absolute Gasteiger partial charge is 0.298 e. The molecule has 0 spiro atoms. The van der Waals surface area contributed by atoms with E-state index in [-0.39, 0.29) is 0 Å². The zero-order valence-electron chi connectivity index (χ0n) is 10.9. The van der Waals surface area contributed by atoms with Crippen LogP contribution < -0.4 is 0 Å². The summed E-state index contributed by atoms with van der Waals surface area (Å²) >= 11 is 0. The standard InChI is InChI=1S/C17H18O/c1-3-4-14-9-15(12-18)11-17(10-14)16-7-5-13(2)6-8-16/h5-12H,3-4H2,1-2H3. The van der Waals surface area contributed by atoms with Crippen LogP contribution in [0.15, 0.2) is 42.5 Å². The molecule has 0 heterocycles. The van der Waals surface area contributed by atoms with Crippen molar-refractivity contribution in [2.24, 2.45) is 0 Å². The van der Waals surface area contributed by atoms with Gasteiger partial charge in [-0.2, -0.15) is 0 Å². The van der Waals surface area contributed by atoms with E-state index in [2.05, 4.69) is 44.2 Å². The summed E-state index contributed by atoms with van der Waals surface area (Å²) in [7, 11) is 0. The molecule has 0 atom stereocenters. The third-order valence-electron chi connectivity index (χ3n) is 3.07. The lowest BCUT2D eigenvalue weighted by molar-refractivity contribution is 0.112. The summed E-state index contributed by atoms with van der Waals surface area (Å²) in [4.78, 5) is 11.0. The Labute approximate surface area is 108 Å². The Bertz CT molecular complexity index is 538. The number of aldehydes is 1. The van der Waals surface area contributed by atoms with Crippen LogP contribution in [-0.4, -0.2) is 6.29 Å². The second-order valence-electron chi connectivity index (χ2n) is 4.70. The van der Waals surface area contributed by atoms with Crippen LogP contribution in [0.2, 0.25) is 0 Å². The first-order chi connectivity index (χ1) is 8.72. The normalized spacial score (nSPS) is 10.3. The van der Waals surface area contributed by atoms with Gasteiger partial charge in [-0.05, 0) is 42.2 Å². The minimum atomic E-state index is 0.761. The van der Waals surface area contributed by atoms with E-state index in [1.165, 1.54) is 16.7 Å². The molecule has 0 aliphatic rings. The molecule has 0 bridgehead atoms. The zero-order chi connectivity index (χ0) is 13.0. The first-order valence-electron chi connectivity index (χ1n) is 6.39. The summed E-state index contributed by atoms with van der Waals surface area (Å²) in [5, 5.41) is 0. The van der Waals surface area contributed by atoms with Crippen molar-refractivity contribution >= 4 is 6.29 Å². The van der Waals surface area contributed by atoms with E-state index in [4.69, 9.17) is 0 Å². The summed E-state index contributed by atoms with van der Waals surface area (Å²) in [5.74, 6) is 0. The van der Waals surface area contributed by atoms with Gasteiger partial charge in [-0.25, -0.2) is 0 Å². The maximum absolute atomic E-state index is 11.0. The molecule has 0 N–H and O–H groups in total. The molecule has 0 aromatic heterocycles. The summed E-state index contributed by atoms with van der Waals surface area (Å²) in [6, 6.07) is 14.5. The molecular formula is C17H18O. The van der Waals surface area contributed by atoms with Gasteiger partial charge in [-0.3, -0.25) is 4.79 Å². The van der Waals surface area contributed by atoms with Crippen molar-refractivity contribution in [3.63, 3.8) is 0 Å². The fourth-order valence-corrected chi connectivity index (χ4v) is 2.13. The maximum atomic E-state index is 11.0. The van der Waals surface area contributed by atoms with Crippen molar-refractivity contribution in [1.29, 1.82) is 0 Å². The van der Waals surface area contributed by atoms with Crippen LogP contribution in [0, 0.1) is 6.92 Å². The zero-order valence-corrected chi connectivity index (χ0v) is 10.9. The van der Waals surface area contributed by atoms with Crippen molar-refractivity contribution in [2.45, 2.75) is 26.7 Å². The Morgan fingerprint density at radius 1 is 1.00 bits per heavy atom. The van der Waals surface area contributed by atoms with Gasteiger partial charge in [0, 0.05) is 5.56 Å². The van der Waals surface area contributed by atoms with Crippen molar-refractivity contribution in [2.75, 3.05) is 0 Å². The van der Waals surface area contributed by atoms with E-state index in [9.17, 15) is 4.79 Å². The summed E-state index contributed by atoms with van der Waals surface area (Å²) in [6.45, 7) is 4.23. The van der Waals surface area contributed by atoms with Crippen LogP contribution in [0.25, 0.3) is 11.1 Å². The van der Waals surface area contributed by atoms with E-state index < -0.39 is 0 Å². The Hall–Kier alpha value is -1.89. The van der Waals surface area contributed by atoms with Gasteiger partial charge < -0.3 is 0 Å². The smallest absolute Gasteiger partial charge is 0.150 e. The molecular weight excluding hydrogens is 220 g/mol. The Balaban J connectivity index is 2.45. The predicted octanol–water partition coefficient (Wildman–Crippen LogP) is 4.43. The Morgan fingerprint density at radius 3 is 2.33 bits per heavy atom. The minimum absolute atomic E-state index is 0.761. The summed E-state index contributed by atoms with van der Waals surface area (Å²) in [6.07, 6.45) is 3.03. The highest BCUT2D eigenvalue weighted by Crippen LogP contribution is 2.23. The van der Waals surface area contributed by atoms with Crippen LogP contribution in [0.4, 0.5) is 0 Å². The van der Waals surface area contributed by atoms with Crippen LogP contribution in [0.3, 0.4) is 0 Å². The highest BCUT2D eigenvalue weighted by molar-refractivity contribution is 5.79. The summed E-state index contributed by atoms with van der Waals surface area (Å²) < 4.78 is 0. The van der Waals surface area contributed by atoms with Crippen LogP contribution in [0.1, 0.15) is 34.8 Å². The molecule has 0 fully saturated rings. The van der Waals surface area contributed by atoms with Crippen molar-refractivity contribution in [3.05, 3.63) is 59.2 Å². The van der Waals surface area contributed by atoms with E-state index in [0.717, 1.165) is 30.3 Å². The van der Waals surface area contributed by atoms with Crippen molar-refractivity contribution < 1.29 is 4.79 Å². The maximum Gasteiger partial charge on any atom is 0.150 e. The number of carbonyl (C=O) groups is 1. The lowest BCUT2D eigenvalue weighted by Gasteiger charge is -2.07. The van der Waals surface area contributed by atoms with Gasteiger partial charge in [-0.1, -0.05) is 49.2 Å². The average Bonchev–Trinajstić information content (AvgIpc) is 2.39. The van der Waals surface area contributed by atoms with Crippen LogP contribution in [-0.2, 0) is 6.42 Å². The van der Waals surface area contributed by atoms with Crippen molar-refractivity contribution in [1.82, 2.24) is 0 Å². The lowest BCUT2D eigenvalue weighted by atomic mass is 9.98. The summed E-state index contributed by atoms with van der Waals surface area (Å²) in [5.41, 5.74) is 5.54. The van der Waals surface area contributed by atoms with Gasteiger partial charge in [0.15, 0.2) is 0 Å². The van der Waals surface area contributed by atoms with Gasteiger partial charge in [0.25, 0.3) is 0 Å². The molecule has 2 aromatic carbocycles. The number of hydrogen-bond donors (Lipinski definition) is 0. The fraction of sp³-hybridized carbons (Fsp3) is 0.235. The predicted molar refractivity (Wildman–Crippen MR) is 76.0 cm³/mol. The number of carbonyl (C=O) groups excluding carboxylic acids is 1. The Kier molecular flexibility index (Phi) is 3.93. The number of rotatable bonds is 4. The topological polar surface area (TPSA) is 17.1 Å². The number of hydrogen-bond acceptors (Lipinski definition) is 1. The molecule has 0 saturated heterocycles. The molecule has 1 nitrogen and oxygen atoms in total. The molecule has 0 aliphatic heterocycles. The highest BCUT2D eigenvalue weighted by atomic mass is 16.1. The first kappa shape index (κ1) is 12.6. The quantitative estimate of drug-likeness (QED) is 0.720. The van der Waals surface area contributed by atoms with Gasteiger partial charge in [0.2, 0.25) is 0 Å². The Morgan fingerprint density at radius 2 is 1.72 bits per heavy atom. The molecule has 0 saturated carbocycles. The van der Waals surface area contributed by atoms with Gasteiger partial charge in [0.05, 0.1) is 0 Å². The van der Waals surface area contributed by atoms with E-state index >= 15 is 0 Å². The monoisotopic (exact) mass is 238 g/mol. The van der Waals surface area contributed by atoms with Gasteiger partial charge in [-0.15, -0.1) is 0 Å². The van der Waals surface area contributed by atoms with Crippen LogP contribution >= 0.6 is 0 Å². The van der Waals surface area contributed by atoms with E-state index in [1.807, 2.05) is 12.1 Å². The van der Waals surface area contributed by atoms with Gasteiger partial charge in [0.1, 0.15) is 6.29 Å². The molecule has 0 amide bonds. The number of aryl methyl sites for hydroxylation is 2. The molecule has 2 rings (SSSR count). The van der Waals surface area contributed by atoms with E-state index in [1.54, 1.807) is 0 Å². The minimum Gasteiger partial charge on any atom is -0.298 e. The molecule has 0 unspecified atom stereocenters. The second-order valence-corrected chi connectivity index (χ2v) is 4.70. The first-order valence-corrected chi connectivity index (χ1v) is 6.39. The highest BCUT2D eigenvalue weighted by Gasteiger charge is 2.03. The lowest BCUT2D eigenvalue weighted by Crippen LogP contribution is -1.90. The SMILES string of the molecule is CCCc1cc(C=O)cc(-c2ccc(C)cc2)c1. The fourth-order valence-electron chi connectivity index (χ4n) is 2.13. The molecule has 0 aliphatic carbocycles. The second kappa shape index (κ2) is 5.63. The van der Waals surface area contributed by atoms with Crippen molar-refractivity contribution in [3.8, 4) is 11.1 Å². The molecule has 1 heteroatoms. The molecule has 92 valence electrons. The van der Waals surface area contributed by atoms with E-state index in [0.29, 0.717) is 0 Å². The van der Waals surface area contributed by atoms with Crippen LogP contribution in [0.5, 0.6) is 0 Å². The van der Waals surface area contributed by atoms with Gasteiger partial charge >= 0.3 is 0 Å². The molecule has 18 heavy (non-hydrogen) atoms. The molecule has 2 aromatic rings. The third kappa shape index (κ3) is 2.86. The molecule has 0 radical (unpaired) electrons.